The van der Waals surface area contributed by atoms with E-state index in [2.05, 4.69) is 64.8 Å². The van der Waals surface area contributed by atoms with Gasteiger partial charge in [0, 0.05) is 50.2 Å². The topological polar surface area (TPSA) is 506 Å². The number of nitrogens with two attached hydrogens (primary N) is 2. The van der Waals surface area contributed by atoms with Crippen LogP contribution in [0, 0.1) is 46.8 Å². The van der Waals surface area contributed by atoms with Crippen LogP contribution in [0.3, 0.4) is 0 Å². The predicted molar refractivity (Wildman–Crippen MR) is 405 cm³/mol. The molecule has 0 aromatic carbocycles. The fourth-order valence-electron chi connectivity index (χ4n) is 14.4. The van der Waals surface area contributed by atoms with Gasteiger partial charge in [-0.15, -0.1) is 11.7 Å². The van der Waals surface area contributed by atoms with E-state index in [1.54, 1.807) is 41.7 Å². The summed E-state index contributed by atoms with van der Waals surface area (Å²) in [5, 5.41) is 65.1. The van der Waals surface area contributed by atoms with E-state index in [4.69, 9.17) is 16.9 Å². The van der Waals surface area contributed by atoms with Crippen LogP contribution in [0.4, 0.5) is 0 Å². The number of nitrogens with one attached hydrogen (secondary N) is 11. The number of aliphatic hydroxyl groups is 2. The molecule has 0 spiro atoms. The Hall–Kier alpha value is -7.05. The maximum atomic E-state index is 15.0. The van der Waals surface area contributed by atoms with Crippen molar-refractivity contribution in [3.05, 3.63) is 0 Å². The molecule has 33 nitrogen and oxygen atoms in total. The summed E-state index contributed by atoms with van der Waals surface area (Å²) in [6.45, 7) is 15.7. The number of carboxylic acids is 1. The molecule has 0 aromatic rings. The molecule has 0 bridgehead atoms. The molecule has 1 saturated carbocycles. The van der Waals surface area contributed by atoms with E-state index < -0.39 is 193 Å². The molecule has 3 saturated heterocycles. The Bertz CT molecular complexity index is 3060. The van der Waals surface area contributed by atoms with Gasteiger partial charge < -0.3 is 89.8 Å². The first-order chi connectivity index (χ1) is 50.6. The number of fused-ring (bicyclic) bond motifs is 1. The van der Waals surface area contributed by atoms with Gasteiger partial charge in [-0.2, -0.15) is 0 Å². The third-order valence-corrected chi connectivity index (χ3v) is 22.3. The summed E-state index contributed by atoms with van der Waals surface area (Å²) in [4.78, 5) is 200. The zero-order valence-electron chi connectivity index (χ0n) is 64.3. The molecule has 606 valence electrons. The van der Waals surface area contributed by atoms with E-state index in [0.717, 1.165) is 30.1 Å². The van der Waals surface area contributed by atoms with Crippen LogP contribution in [-0.2, 0) is 67.1 Å². The highest BCUT2D eigenvalue weighted by molar-refractivity contribution is 8.68. The lowest BCUT2D eigenvalue weighted by atomic mass is 9.84. The van der Waals surface area contributed by atoms with Gasteiger partial charge in [0.05, 0.1) is 44.2 Å². The Morgan fingerprint density at radius 1 is 0.589 bits per heavy atom. The van der Waals surface area contributed by atoms with Crippen molar-refractivity contribution in [2.75, 3.05) is 58.7 Å². The van der Waals surface area contributed by atoms with Crippen molar-refractivity contribution >= 4 is 111 Å². The summed E-state index contributed by atoms with van der Waals surface area (Å²) in [7, 11) is 2.47. The van der Waals surface area contributed by atoms with Gasteiger partial charge in [-0.1, -0.05) is 119 Å². The van der Waals surface area contributed by atoms with Gasteiger partial charge in [0.25, 0.3) is 0 Å². The third-order valence-electron chi connectivity index (χ3n) is 21.4. The molecule has 4 rings (SSSR count). The van der Waals surface area contributed by atoms with E-state index in [-0.39, 0.29) is 106 Å². The second kappa shape index (κ2) is 45.8. The predicted octanol–water partition coefficient (Wildman–Crippen LogP) is -0.729. The van der Waals surface area contributed by atoms with E-state index in [1.165, 1.54) is 9.80 Å². The molecule has 1 aliphatic carbocycles. The summed E-state index contributed by atoms with van der Waals surface area (Å²) >= 11 is 4.17. The highest BCUT2D eigenvalue weighted by atomic mass is 33.1. The SMILES string of the molecule is CC[C@H](C)[C@H](NC(=O)CNC)C(=O)N[C@@H](CSS)C(=O)N[C@@H](CO)C(=O)C[C@@H](CCCCC(=N)N)C(=O)N[C@@H](CO)C(=O)N[C@@H](CC(C)C)C(=O)N1CCC[C@H]1C(=O)CN1[C@H](C(=O)N[C@H](C(=O)N[C@H](C(=O)N[C@H](C(=O)N2CCC[C@H]2C(=O)NC[C@H](N)C(=O)O)[C@@H](C)CC)C(C)C)[C@@H](C)CC)C[C@@H]2CCCC[C@@H]21. The van der Waals surface area contributed by atoms with Crippen LogP contribution in [-0.4, -0.2) is 256 Å². The van der Waals surface area contributed by atoms with Crippen molar-refractivity contribution in [2.24, 2.45) is 52.9 Å². The lowest BCUT2D eigenvalue weighted by Crippen LogP contribution is -2.62. The number of aliphatic carboxylic acids is 1. The summed E-state index contributed by atoms with van der Waals surface area (Å²) in [6, 6.07) is -14.7. The number of Topliss-reactive ketones (excluding diaryl/α,β-unsaturated/α-hetero) is 2. The molecule has 4 aliphatic rings. The highest BCUT2D eigenvalue weighted by Gasteiger charge is 2.49. The monoisotopic (exact) mass is 1550 g/mol. The normalized spacial score (nSPS) is 21.6. The Labute approximate surface area is 638 Å². The zero-order valence-corrected chi connectivity index (χ0v) is 66.1. The number of rotatable bonds is 47. The average Bonchev–Trinajstić information content (AvgIpc) is 1.64. The number of likely N-dealkylation sites (tertiary alicyclic amines) is 3. The second-order valence-electron chi connectivity index (χ2n) is 30.2. The van der Waals surface area contributed by atoms with Gasteiger partial charge in [-0.3, -0.25) is 77.4 Å². The van der Waals surface area contributed by atoms with E-state index >= 15 is 0 Å². The van der Waals surface area contributed by atoms with Gasteiger partial charge in [-0.05, 0) is 107 Å². The maximum Gasteiger partial charge on any atom is 0.322 e. The molecule has 11 amide bonds. The molecular weight excluding hydrogens is 1430 g/mol. The Morgan fingerprint density at radius 3 is 1.69 bits per heavy atom. The second-order valence-corrected chi connectivity index (χ2v) is 31.5. The van der Waals surface area contributed by atoms with Gasteiger partial charge in [0.15, 0.2) is 11.6 Å². The average molecular weight is 1550 g/mol. The lowest BCUT2D eigenvalue weighted by Gasteiger charge is -2.36. The molecule has 0 unspecified atom stereocenters. The van der Waals surface area contributed by atoms with E-state index in [9.17, 15) is 82.4 Å². The van der Waals surface area contributed by atoms with Crippen LogP contribution in [0.5, 0.6) is 0 Å². The van der Waals surface area contributed by atoms with Crippen LogP contribution in [0.2, 0.25) is 0 Å². The minimum Gasteiger partial charge on any atom is -0.480 e. The highest BCUT2D eigenvalue weighted by Crippen LogP contribution is 2.40. The van der Waals surface area contributed by atoms with Gasteiger partial charge in [-0.25, -0.2) is 0 Å². The molecule has 35 heteroatoms. The Morgan fingerprint density at radius 2 is 1.12 bits per heavy atom. The summed E-state index contributed by atoms with van der Waals surface area (Å²) in [5.74, 6) is -13.2. The number of hydrogen-bond acceptors (Lipinski definition) is 22. The maximum absolute atomic E-state index is 15.0. The van der Waals surface area contributed by atoms with Crippen molar-refractivity contribution in [1.82, 2.24) is 67.9 Å². The van der Waals surface area contributed by atoms with Crippen molar-refractivity contribution in [1.29, 1.82) is 5.41 Å². The van der Waals surface area contributed by atoms with Crippen molar-refractivity contribution in [3.63, 3.8) is 0 Å². The first-order valence-corrected chi connectivity index (χ1v) is 40.2. The molecule has 4 fully saturated rings. The van der Waals surface area contributed by atoms with Crippen molar-refractivity contribution < 1.29 is 82.4 Å². The Kier molecular flexibility index (Phi) is 39.5. The molecule has 3 heterocycles. The Balaban J connectivity index is 1.52. The van der Waals surface area contributed by atoms with Gasteiger partial charge >= 0.3 is 5.97 Å². The van der Waals surface area contributed by atoms with Crippen LogP contribution in [0.15, 0.2) is 0 Å². The number of unbranched alkanes of at least 4 members (excludes halogenated alkanes) is 1. The molecular formula is C72H124N16O17S2. The van der Waals surface area contributed by atoms with Crippen molar-refractivity contribution in [2.45, 2.75) is 263 Å². The largest absolute Gasteiger partial charge is 0.480 e. The summed E-state index contributed by atoms with van der Waals surface area (Å²) in [5.41, 5.74) is 11.2. The molecule has 0 radical (unpaired) electrons. The number of thiol groups is 1. The number of amides is 11. The van der Waals surface area contributed by atoms with E-state index in [0.29, 0.717) is 57.8 Å². The van der Waals surface area contributed by atoms with Crippen LogP contribution in [0.1, 0.15) is 185 Å². The molecule has 107 heavy (non-hydrogen) atoms. The fourth-order valence-corrected chi connectivity index (χ4v) is 15.2. The fraction of sp³-hybridized carbons (Fsp3) is 0.792. The smallest absolute Gasteiger partial charge is 0.322 e. The van der Waals surface area contributed by atoms with Crippen LogP contribution < -0.4 is 64.6 Å². The van der Waals surface area contributed by atoms with Gasteiger partial charge in [0.1, 0.15) is 60.4 Å². The number of nitrogens with zero attached hydrogens (tertiary/aromatic N) is 3. The minimum atomic E-state index is -1.68. The summed E-state index contributed by atoms with van der Waals surface area (Å²) < 4.78 is 0. The quantitative estimate of drug-likeness (QED) is 0.0117. The van der Waals surface area contributed by atoms with Crippen LogP contribution >= 0.6 is 22.5 Å². The number of ketones is 2. The molecule has 18 N–H and O–H groups in total. The number of hydrogen-bond donors (Lipinski definition) is 17. The molecule has 18 atom stereocenters. The van der Waals surface area contributed by atoms with Gasteiger partial charge in [0.2, 0.25) is 65.0 Å². The standard InChI is InChI=1S/C72H124N16O17S2/c1-12-40(8)59(82-57(93)33-76-11)68(100)81-49(37-107-106)64(96)79-47(35-89)54(91)31-44(22-16-18-26-56(74)75)62(94)80-48(36-90)63(95)78-46(29-38(4)5)70(102)86-27-19-24-51(86)55(92)34-88-50-23-17-15-21-43(50)30-53(88)66(98)84-60(41(9)13-2)69(101)83-58(39(6)7)67(99)85-61(42(10)14-3)71(103)87-28-20-25-52(87)65(97)77-32-45(73)72(104)105/h38-53,58-61,76,89-90,106H,12-37,73H2,1-11H3,(H3,74,75)(H,77,97)(H,78,95)(H,79,96)(H,80,94)(H,81,100)(H,82,93)(H,83,101)(H,84,98)(H,85,99)(H,104,105)/t40-,41-,42-,43-,44+,45-,46-,47-,48-,49-,50-,51-,52-,53-,58-,59-,60-,61-/m0/s1. The zero-order chi connectivity index (χ0) is 80.1. The number of carbonyl (C=O) groups excluding carboxylic acids is 13. The molecule has 3 aliphatic heterocycles. The number of aliphatic hydroxyl groups excluding tert-OH is 2. The van der Waals surface area contributed by atoms with Crippen LogP contribution in [0.25, 0.3) is 0 Å². The van der Waals surface area contributed by atoms with E-state index in [1.807, 2.05) is 39.5 Å². The lowest BCUT2D eigenvalue weighted by molar-refractivity contribution is -0.143. The summed E-state index contributed by atoms with van der Waals surface area (Å²) in [6.07, 6.45) is 6.64. The van der Waals surface area contributed by atoms with Crippen molar-refractivity contribution in [3.8, 4) is 0 Å². The number of carboxylic acid groups (broad SMARTS) is 1. The number of carbonyl (C=O) groups is 14. The molecule has 0 aromatic heterocycles. The third kappa shape index (κ3) is 27.5. The first kappa shape index (κ1) is 92.3. The minimum absolute atomic E-state index is 0.0146. The first-order valence-electron chi connectivity index (χ1n) is 38.2. The number of amidine groups is 1. The number of likely N-dealkylation sites (N-methyl/N-ethyl adjacent to an activating group) is 1.